The summed E-state index contributed by atoms with van der Waals surface area (Å²) in [7, 11) is 0. The molecule has 0 aromatic heterocycles. The van der Waals surface area contributed by atoms with E-state index in [2.05, 4.69) is 4.72 Å². The van der Waals surface area contributed by atoms with Crippen molar-refractivity contribution >= 4 is 23.9 Å². The number of rotatable bonds is 8. The van der Waals surface area contributed by atoms with E-state index in [1.54, 1.807) is 0 Å². The second-order valence-corrected chi connectivity index (χ2v) is 5.15. The molecule has 8 nitrogen and oxygen atoms in total. The molecule has 0 bridgehead atoms. The maximum Gasteiger partial charge on any atom is 0.321 e. The molecule has 1 rings (SSSR count). The van der Waals surface area contributed by atoms with Gasteiger partial charge in [0.15, 0.2) is 11.5 Å². The lowest BCUT2D eigenvalue weighted by atomic mass is 10.1. The Morgan fingerprint density at radius 3 is 2.38 bits per heavy atom. The highest BCUT2D eigenvalue weighted by Gasteiger charge is 2.20. The Labute approximate surface area is 124 Å². The van der Waals surface area contributed by atoms with Gasteiger partial charge in [-0.2, -0.15) is 0 Å². The van der Waals surface area contributed by atoms with E-state index in [0.717, 1.165) is 11.9 Å². The van der Waals surface area contributed by atoms with E-state index in [0.29, 0.717) is 5.56 Å². The Morgan fingerprint density at radius 1 is 1.19 bits per heavy atom. The molecule has 1 aromatic carbocycles. The first-order valence-corrected chi connectivity index (χ1v) is 6.89. The predicted octanol–water partition coefficient (Wildman–Crippen LogP) is -0.257. The molecular formula is C12H16N2O6S. The number of hydrogen-bond donors (Lipinski definition) is 6. The van der Waals surface area contributed by atoms with Crippen molar-refractivity contribution in [1.29, 1.82) is 0 Å². The normalized spacial score (nSPS) is 13.6. The first-order valence-electron chi connectivity index (χ1n) is 5.90. The molecule has 7 N–H and O–H groups in total. The molecule has 0 amide bonds. The van der Waals surface area contributed by atoms with Crippen molar-refractivity contribution in [1.82, 2.24) is 4.72 Å². The van der Waals surface area contributed by atoms with Crippen molar-refractivity contribution in [2.24, 2.45) is 5.73 Å². The fourth-order valence-electron chi connectivity index (χ4n) is 1.42. The first kappa shape index (κ1) is 17.1. The molecule has 0 radical (unpaired) electrons. The third-order valence-corrected chi connectivity index (χ3v) is 3.56. The fourth-order valence-corrected chi connectivity index (χ4v) is 2.22. The summed E-state index contributed by atoms with van der Waals surface area (Å²) in [6, 6.07) is 1.94. The van der Waals surface area contributed by atoms with Gasteiger partial charge in [0.05, 0.1) is 0 Å². The van der Waals surface area contributed by atoms with Crippen LogP contribution in [0.25, 0.3) is 0 Å². The molecule has 0 saturated heterocycles. The monoisotopic (exact) mass is 316 g/mol. The largest absolute Gasteiger partial charge is 0.504 e. The number of aromatic hydroxyl groups is 2. The van der Waals surface area contributed by atoms with Gasteiger partial charge >= 0.3 is 11.9 Å². The Hall–Kier alpha value is -1.97. The van der Waals surface area contributed by atoms with Gasteiger partial charge in [-0.25, -0.2) is 4.72 Å². The van der Waals surface area contributed by atoms with E-state index >= 15 is 0 Å². The van der Waals surface area contributed by atoms with Gasteiger partial charge < -0.3 is 26.2 Å². The summed E-state index contributed by atoms with van der Waals surface area (Å²) in [6.45, 7) is 0. The minimum atomic E-state index is -1.17. The second kappa shape index (κ2) is 7.72. The van der Waals surface area contributed by atoms with Gasteiger partial charge in [0, 0.05) is 5.75 Å². The number of phenols is 2. The maximum absolute atomic E-state index is 11.1. The van der Waals surface area contributed by atoms with Crippen molar-refractivity contribution in [3.8, 4) is 11.5 Å². The zero-order chi connectivity index (χ0) is 16.0. The molecule has 0 aliphatic carbocycles. The summed E-state index contributed by atoms with van der Waals surface area (Å²) in [6.07, 6.45) is 0.0541. The van der Waals surface area contributed by atoms with E-state index in [1.807, 2.05) is 0 Å². The van der Waals surface area contributed by atoms with Gasteiger partial charge in [-0.3, -0.25) is 9.59 Å². The highest BCUT2D eigenvalue weighted by atomic mass is 32.2. The topological polar surface area (TPSA) is 153 Å². The fraction of sp³-hybridized carbons (Fsp3) is 0.333. The predicted molar refractivity (Wildman–Crippen MR) is 76.1 cm³/mol. The molecule has 9 heteroatoms. The summed E-state index contributed by atoms with van der Waals surface area (Å²) in [5.41, 5.74) is 5.81. The molecule has 1 aromatic rings. The van der Waals surface area contributed by atoms with Crippen LogP contribution in [0.3, 0.4) is 0 Å². The Balaban J connectivity index is 2.59. The van der Waals surface area contributed by atoms with Crippen LogP contribution in [0.2, 0.25) is 0 Å². The number of carbonyl (C=O) groups is 2. The summed E-state index contributed by atoms with van der Waals surface area (Å²) in [5, 5.41) is 36.3. The number of nitrogens with one attached hydrogen (secondary N) is 1. The van der Waals surface area contributed by atoms with Gasteiger partial charge in [-0.1, -0.05) is 18.0 Å². The lowest BCUT2D eigenvalue weighted by molar-refractivity contribution is -0.139. The molecular weight excluding hydrogens is 300 g/mol. The molecule has 0 aliphatic heterocycles. The highest BCUT2D eigenvalue weighted by molar-refractivity contribution is 7.97. The average molecular weight is 316 g/mol. The van der Waals surface area contributed by atoms with E-state index in [4.69, 9.17) is 15.9 Å². The van der Waals surface area contributed by atoms with Crippen LogP contribution in [-0.4, -0.2) is 50.2 Å². The van der Waals surface area contributed by atoms with Gasteiger partial charge in [-0.15, -0.1) is 0 Å². The average Bonchev–Trinajstić information content (AvgIpc) is 2.41. The van der Waals surface area contributed by atoms with E-state index in [9.17, 15) is 19.8 Å². The van der Waals surface area contributed by atoms with Crippen molar-refractivity contribution in [2.45, 2.75) is 18.5 Å². The Morgan fingerprint density at radius 2 is 1.86 bits per heavy atom. The van der Waals surface area contributed by atoms with Crippen molar-refractivity contribution in [3.63, 3.8) is 0 Å². The minimum absolute atomic E-state index is 0.0138. The van der Waals surface area contributed by atoms with Crippen LogP contribution < -0.4 is 10.5 Å². The minimum Gasteiger partial charge on any atom is -0.504 e. The molecule has 2 atom stereocenters. The number of carboxylic acids is 2. The summed E-state index contributed by atoms with van der Waals surface area (Å²) in [4.78, 5) is 21.7. The molecule has 21 heavy (non-hydrogen) atoms. The lowest BCUT2D eigenvalue weighted by Gasteiger charge is -2.15. The highest BCUT2D eigenvalue weighted by Crippen LogP contribution is 2.25. The second-order valence-electron chi connectivity index (χ2n) is 4.29. The lowest BCUT2D eigenvalue weighted by Crippen LogP contribution is -2.38. The van der Waals surface area contributed by atoms with Gasteiger partial charge in [0.1, 0.15) is 12.1 Å². The molecule has 0 fully saturated rings. The molecule has 0 saturated carbocycles. The van der Waals surface area contributed by atoms with Crippen LogP contribution in [-0.2, 0) is 16.0 Å². The smallest absolute Gasteiger partial charge is 0.321 e. The number of phenolic OH excluding ortho intramolecular Hbond substituents is 2. The quantitative estimate of drug-likeness (QED) is 0.281. The molecule has 0 unspecified atom stereocenters. The van der Waals surface area contributed by atoms with Crippen molar-refractivity contribution in [3.05, 3.63) is 23.8 Å². The van der Waals surface area contributed by atoms with Crippen molar-refractivity contribution < 1.29 is 30.0 Å². The summed E-state index contributed by atoms with van der Waals surface area (Å²) in [5.74, 6) is -2.91. The van der Waals surface area contributed by atoms with Gasteiger partial charge in [0.2, 0.25) is 0 Å². The van der Waals surface area contributed by atoms with Gasteiger partial charge in [0.25, 0.3) is 0 Å². The van der Waals surface area contributed by atoms with E-state index in [-0.39, 0.29) is 23.7 Å². The van der Waals surface area contributed by atoms with Crippen LogP contribution in [0.4, 0.5) is 0 Å². The molecule has 0 heterocycles. The summed E-state index contributed by atoms with van der Waals surface area (Å²) >= 11 is 0.904. The number of nitrogens with two attached hydrogens (primary N) is 1. The van der Waals surface area contributed by atoms with Gasteiger partial charge in [-0.05, 0) is 24.1 Å². The van der Waals surface area contributed by atoms with Crippen molar-refractivity contribution in [2.75, 3.05) is 5.75 Å². The van der Waals surface area contributed by atoms with Crippen LogP contribution in [0.5, 0.6) is 11.5 Å². The first-order chi connectivity index (χ1) is 9.81. The van der Waals surface area contributed by atoms with Crippen LogP contribution in [0, 0.1) is 0 Å². The standard InChI is InChI=1S/C12H16N2O6S/c13-7(11(17)18)5-21-14-8(12(19)20)3-6-1-2-9(15)10(16)4-6/h1-2,4,7-8,14-16H,3,5,13H2,(H,17,18)(H,19,20)/t7-,8-/m0/s1. The maximum atomic E-state index is 11.1. The summed E-state index contributed by atoms with van der Waals surface area (Å²) < 4.78 is 2.62. The SMILES string of the molecule is N[C@@H](CSN[C@@H](Cc1ccc(O)c(O)c1)C(=O)O)C(=O)O. The third kappa shape index (κ3) is 5.50. The van der Waals surface area contributed by atoms with E-state index in [1.165, 1.54) is 18.2 Å². The number of carboxylic acid groups (broad SMARTS) is 2. The molecule has 0 spiro atoms. The van der Waals surface area contributed by atoms with Crippen LogP contribution in [0.1, 0.15) is 5.56 Å². The third-order valence-electron chi connectivity index (χ3n) is 2.58. The van der Waals surface area contributed by atoms with E-state index < -0.39 is 24.0 Å². The zero-order valence-corrected chi connectivity index (χ0v) is 11.7. The number of hydrogen-bond acceptors (Lipinski definition) is 7. The van der Waals surface area contributed by atoms with Crippen LogP contribution >= 0.6 is 11.9 Å². The molecule has 116 valence electrons. The number of aliphatic carboxylic acids is 2. The zero-order valence-electron chi connectivity index (χ0n) is 10.9. The van der Waals surface area contributed by atoms with Crippen LogP contribution in [0.15, 0.2) is 18.2 Å². The number of benzene rings is 1. The Bertz CT molecular complexity index is 524. The molecule has 0 aliphatic rings. The Kier molecular flexibility index (Phi) is 6.28.